The van der Waals surface area contributed by atoms with E-state index in [0.717, 1.165) is 43.6 Å². The summed E-state index contributed by atoms with van der Waals surface area (Å²) < 4.78 is 5.34. The van der Waals surface area contributed by atoms with Gasteiger partial charge in [-0.15, -0.1) is 0 Å². The van der Waals surface area contributed by atoms with E-state index >= 15 is 0 Å². The third-order valence-electron chi connectivity index (χ3n) is 2.94. The van der Waals surface area contributed by atoms with Crippen LogP contribution in [0, 0.1) is 0 Å². The first-order valence-corrected chi connectivity index (χ1v) is 6.23. The highest BCUT2D eigenvalue weighted by Gasteiger charge is 2.12. The molecule has 19 heavy (non-hydrogen) atoms. The van der Waals surface area contributed by atoms with Gasteiger partial charge >= 0.3 is 0 Å². The number of pyridine rings is 1. The topological polar surface area (TPSA) is 63.2 Å². The molecular weight excluding hydrogens is 242 g/mol. The summed E-state index contributed by atoms with van der Waals surface area (Å²) in [6.07, 6.45) is 5.06. The van der Waals surface area contributed by atoms with Crippen molar-refractivity contribution < 1.29 is 4.74 Å². The summed E-state index contributed by atoms with van der Waals surface area (Å²) in [7, 11) is 0. The predicted octanol–water partition coefficient (Wildman–Crippen LogP) is 1.45. The zero-order valence-corrected chi connectivity index (χ0v) is 10.5. The molecule has 98 valence electrons. The molecule has 2 aromatic rings. The summed E-state index contributed by atoms with van der Waals surface area (Å²) in [5.41, 5.74) is 0.960. The van der Waals surface area contributed by atoms with Crippen molar-refractivity contribution >= 4 is 17.3 Å². The zero-order chi connectivity index (χ0) is 12.9. The largest absolute Gasteiger partial charge is 0.378 e. The van der Waals surface area contributed by atoms with E-state index in [9.17, 15) is 0 Å². The van der Waals surface area contributed by atoms with E-state index in [4.69, 9.17) is 4.74 Å². The monoisotopic (exact) mass is 257 g/mol. The Morgan fingerprint density at radius 1 is 1.11 bits per heavy atom. The van der Waals surface area contributed by atoms with Gasteiger partial charge in [-0.25, -0.2) is 9.97 Å². The van der Waals surface area contributed by atoms with Gasteiger partial charge in [0.05, 0.1) is 13.2 Å². The van der Waals surface area contributed by atoms with Crippen molar-refractivity contribution in [3.63, 3.8) is 0 Å². The molecule has 6 heteroatoms. The van der Waals surface area contributed by atoms with Crippen LogP contribution in [0.25, 0.3) is 0 Å². The summed E-state index contributed by atoms with van der Waals surface area (Å²) in [5.74, 6) is 1.71. The molecule has 0 amide bonds. The maximum absolute atomic E-state index is 5.34. The molecule has 3 rings (SSSR count). The van der Waals surface area contributed by atoms with Crippen molar-refractivity contribution in [3.8, 4) is 0 Å². The maximum Gasteiger partial charge on any atom is 0.135 e. The Morgan fingerprint density at radius 2 is 1.89 bits per heavy atom. The predicted molar refractivity (Wildman–Crippen MR) is 72.6 cm³/mol. The van der Waals surface area contributed by atoms with Gasteiger partial charge in [0, 0.05) is 37.2 Å². The minimum atomic E-state index is 0.747. The van der Waals surface area contributed by atoms with E-state index in [0.29, 0.717) is 0 Å². The Balaban J connectivity index is 1.76. The second-order valence-corrected chi connectivity index (χ2v) is 4.22. The normalized spacial score (nSPS) is 15.3. The number of aromatic nitrogens is 3. The van der Waals surface area contributed by atoms with E-state index in [2.05, 4.69) is 25.2 Å². The molecule has 1 N–H and O–H groups in total. The van der Waals surface area contributed by atoms with Crippen LogP contribution in [0.2, 0.25) is 0 Å². The fraction of sp³-hybridized carbons (Fsp3) is 0.308. The average Bonchev–Trinajstić information content (AvgIpc) is 2.49. The number of rotatable bonds is 3. The van der Waals surface area contributed by atoms with Gasteiger partial charge < -0.3 is 15.0 Å². The second kappa shape index (κ2) is 5.62. The Morgan fingerprint density at radius 3 is 2.68 bits per heavy atom. The molecule has 0 unspecified atom stereocenters. The van der Waals surface area contributed by atoms with Gasteiger partial charge in [0.15, 0.2) is 0 Å². The van der Waals surface area contributed by atoms with Gasteiger partial charge in [0.1, 0.15) is 18.0 Å². The van der Waals surface area contributed by atoms with Gasteiger partial charge in [-0.2, -0.15) is 0 Å². The fourth-order valence-electron chi connectivity index (χ4n) is 1.96. The quantitative estimate of drug-likeness (QED) is 0.898. The molecule has 2 aromatic heterocycles. The molecule has 0 aromatic carbocycles. The van der Waals surface area contributed by atoms with Crippen LogP contribution in [0.3, 0.4) is 0 Å². The van der Waals surface area contributed by atoms with Crippen molar-refractivity contribution in [1.29, 1.82) is 0 Å². The molecule has 6 nitrogen and oxygen atoms in total. The highest BCUT2D eigenvalue weighted by molar-refractivity contribution is 5.58. The number of hydrogen-bond acceptors (Lipinski definition) is 6. The van der Waals surface area contributed by atoms with Crippen LogP contribution < -0.4 is 10.2 Å². The molecule has 1 fully saturated rings. The van der Waals surface area contributed by atoms with E-state index < -0.39 is 0 Å². The number of nitrogens with one attached hydrogen (secondary N) is 1. The number of nitrogens with zero attached hydrogens (tertiary/aromatic N) is 4. The van der Waals surface area contributed by atoms with Crippen molar-refractivity contribution in [2.45, 2.75) is 0 Å². The lowest BCUT2D eigenvalue weighted by atomic mass is 10.3. The fourth-order valence-corrected chi connectivity index (χ4v) is 1.96. The van der Waals surface area contributed by atoms with E-state index in [1.54, 1.807) is 18.7 Å². The summed E-state index contributed by atoms with van der Waals surface area (Å²) in [6.45, 7) is 3.23. The van der Waals surface area contributed by atoms with E-state index in [-0.39, 0.29) is 0 Å². The van der Waals surface area contributed by atoms with Gasteiger partial charge in [-0.3, -0.25) is 4.98 Å². The molecule has 0 spiro atoms. The van der Waals surface area contributed by atoms with Crippen molar-refractivity contribution in [2.24, 2.45) is 0 Å². The Hall–Kier alpha value is -2.21. The molecule has 0 bridgehead atoms. The first-order chi connectivity index (χ1) is 9.42. The van der Waals surface area contributed by atoms with Gasteiger partial charge in [0.2, 0.25) is 0 Å². The standard InChI is InChI=1S/C13H15N5O/c1-3-14-4-2-11(1)17-12-9-13(16-10-15-12)18-5-7-19-8-6-18/h1-4,9-10H,5-8H2,(H,14,15,16,17). The molecule has 1 aliphatic heterocycles. The number of ether oxygens (including phenoxy) is 1. The summed E-state index contributed by atoms with van der Waals surface area (Å²) in [4.78, 5) is 14.7. The lowest BCUT2D eigenvalue weighted by Gasteiger charge is -2.27. The highest BCUT2D eigenvalue weighted by Crippen LogP contribution is 2.18. The van der Waals surface area contributed by atoms with Crippen molar-refractivity contribution in [2.75, 3.05) is 36.5 Å². The summed E-state index contributed by atoms with van der Waals surface area (Å²) in [5, 5.41) is 3.23. The number of morpholine rings is 1. The average molecular weight is 257 g/mol. The van der Waals surface area contributed by atoms with Crippen molar-refractivity contribution in [3.05, 3.63) is 36.9 Å². The van der Waals surface area contributed by atoms with Gasteiger partial charge in [-0.1, -0.05) is 0 Å². The van der Waals surface area contributed by atoms with Gasteiger partial charge in [0.25, 0.3) is 0 Å². The highest BCUT2D eigenvalue weighted by atomic mass is 16.5. The van der Waals surface area contributed by atoms with Crippen molar-refractivity contribution in [1.82, 2.24) is 15.0 Å². The molecular formula is C13H15N5O. The maximum atomic E-state index is 5.34. The smallest absolute Gasteiger partial charge is 0.135 e. The SMILES string of the molecule is c1cc(Nc2cc(N3CCOCC3)ncn2)ccn1. The summed E-state index contributed by atoms with van der Waals surface area (Å²) >= 11 is 0. The Kier molecular flexibility index (Phi) is 3.51. The molecule has 0 radical (unpaired) electrons. The van der Waals surface area contributed by atoms with E-state index in [1.807, 2.05) is 18.2 Å². The summed E-state index contributed by atoms with van der Waals surface area (Å²) in [6, 6.07) is 5.75. The lowest BCUT2D eigenvalue weighted by Crippen LogP contribution is -2.36. The van der Waals surface area contributed by atoms with Crippen LogP contribution >= 0.6 is 0 Å². The lowest BCUT2D eigenvalue weighted by molar-refractivity contribution is 0.122. The van der Waals surface area contributed by atoms with Crippen LogP contribution in [0.1, 0.15) is 0 Å². The van der Waals surface area contributed by atoms with Gasteiger partial charge in [-0.05, 0) is 12.1 Å². The minimum Gasteiger partial charge on any atom is -0.378 e. The molecule has 1 saturated heterocycles. The third kappa shape index (κ3) is 2.97. The molecule has 0 saturated carbocycles. The number of hydrogen-bond donors (Lipinski definition) is 1. The van der Waals surface area contributed by atoms with Crippen LogP contribution in [-0.4, -0.2) is 41.3 Å². The molecule has 3 heterocycles. The number of anilines is 3. The zero-order valence-electron chi connectivity index (χ0n) is 10.5. The first kappa shape index (κ1) is 11.9. The van der Waals surface area contributed by atoms with Crippen LogP contribution in [-0.2, 0) is 4.74 Å². The minimum absolute atomic E-state index is 0.747. The Bertz CT molecular complexity index is 528. The third-order valence-corrected chi connectivity index (χ3v) is 2.94. The second-order valence-electron chi connectivity index (χ2n) is 4.22. The first-order valence-electron chi connectivity index (χ1n) is 6.23. The van der Waals surface area contributed by atoms with Crippen LogP contribution in [0.15, 0.2) is 36.9 Å². The molecule has 0 aliphatic carbocycles. The molecule has 1 aliphatic rings. The Labute approximate surface area is 111 Å². The van der Waals surface area contributed by atoms with E-state index in [1.165, 1.54) is 0 Å². The van der Waals surface area contributed by atoms with Crippen LogP contribution in [0.5, 0.6) is 0 Å². The van der Waals surface area contributed by atoms with Crippen LogP contribution in [0.4, 0.5) is 17.3 Å². The molecule has 0 atom stereocenters.